The van der Waals surface area contributed by atoms with E-state index in [-0.39, 0.29) is 11.0 Å². The van der Waals surface area contributed by atoms with Crippen LogP contribution in [0.3, 0.4) is 0 Å². The first-order valence-corrected chi connectivity index (χ1v) is 4.66. The molecule has 0 spiro atoms. The highest BCUT2D eigenvalue weighted by molar-refractivity contribution is 5.68. The van der Waals surface area contributed by atoms with Crippen LogP contribution in [-0.4, -0.2) is 23.8 Å². The molecule has 1 N–H and O–H groups in total. The molecule has 1 fully saturated rings. The van der Waals surface area contributed by atoms with E-state index >= 15 is 0 Å². The van der Waals surface area contributed by atoms with Gasteiger partial charge in [0.25, 0.3) is 0 Å². The molecule has 0 atom stereocenters. The zero-order valence-corrected chi connectivity index (χ0v) is 8.59. The normalized spacial score (nSPS) is 19.9. The molecule has 0 aromatic heterocycles. The number of carboxylic acids is 1. The van der Waals surface area contributed by atoms with Crippen LogP contribution in [0.15, 0.2) is 0 Å². The van der Waals surface area contributed by atoms with Crippen molar-refractivity contribution in [3.8, 4) is 0 Å². The van der Waals surface area contributed by atoms with E-state index in [0.29, 0.717) is 6.42 Å². The number of carboxylic acid groups (broad SMARTS) is 1. The molecule has 1 aliphatic rings. The summed E-state index contributed by atoms with van der Waals surface area (Å²) in [5.74, 6) is -0.690. The number of aliphatic carboxylic acids is 1. The topological polar surface area (TPSA) is 46.5 Å². The Morgan fingerprint density at radius 2 is 2.08 bits per heavy atom. The van der Waals surface area contributed by atoms with Crippen molar-refractivity contribution in [1.82, 2.24) is 0 Å². The highest BCUT2D eigenvalue weighted by Gasteiger charge is 2.47. The van der Waals surface area contributed by atoms with E-state index in [1.165, 1.54) is 0 Å². The van der Waals surface area contributed by atoms with Gasteiger partial charge in [-0.2, -0.15) is 0 Å². The van der Waals surface area contributed by atoms with Crippen molar-refractivity contribution in [2.75, 3.05) is 7.11 Å². The Labute approximate surface area is 79.1 Å². The van der Waals surface area contributed by atoms with Crippen LogP contribution in [-0.2, 0) is 9.53 Å². The molecule has 1 rings (SSSR count). The van der Waals surface area contributed by atoms with E-state index < -0.39 is 5.97 Å². The lowest BCUT2D eigenvalue weighted by Gasteiger charge is -2.27. The SMILES string of the molecule is COC(C)(C)CC1(CC(=O)O)CC1. The van der Waals surface area contributed by atoms with Gasteiger partial charge in [-0.15, -0.1) is 0 Å². The van der Waals surface area contributed by atoms with Crippen molar-refractivity contribution in [3.63, 3.8) is 0 Å². The van der Waals surface area contributed by atoms with Crippen LogP contribution in [0.25, 0.3) is 0 Å². The van der Waals surface area contributed by atoms with Crippen molar-refractivity contribution in [3.05, 3.63) is 0 Å². The fraction of sp³-hybridized carbons (Fsp3) is 0.900. The van der Waals surface area contributed by atoms with Crippen LogP contribution in [0.5, 0.6) is 0 Å². The molecule has 76 valence electrons. The second-order valence-electron chi connectivity index (χ2n) is 4.71. The Morgan fingerprint density at radius 1 is 1.54 bits per heavy atom. The van der Waals surface area contributed by atoms with Gasteiger partial charge in [-0.05, 0) is 38.5 Å². The maximum absolute atomic E-state index is 10.6. The van der Waals surface area contributed by atoms with Crippen molar-refractivity contribution in [2.24, 2.45) is 5.41 Å². The van der Waals surface area contributed by atoms with Crippen LogP contribution in [0.2, 0.25) is 0 Å². The van der Waals surface area contributed by atoms with Gasteiger partial charge >= 0.3 is 5.97 Å². The van der Waals surface area contributed by atoms with Crippen molar-refractivity contribution >= 4 is 5.97 Å². The predicted molar refractivity (Wildman–Crippen MR) is 49.6 cm³/mol. The van der Waals surface area contributed by atoms with E-state index in [4.69, 9.17) is 9.84 Å². The molecule has 0 bridgehead atoms. The van der Waals surface area contributed by atoms with Crippen molar-refractivity contribution in [1.29, 1.82) is 0 Å². The highest BCUT2D eigenvalue weighted by Crippen LogP contribution is 2.54. The molecule has 0 aromatic rings. The number of methoxy groups -OCH3 is 1. The monoisotopic (exact) mass is 186 g/mol. The molecule has 0 saturated heterocycles. The van der Waals surface area contributed by atoms with Crippen LogP contribution in [0.4, 0.5) is 0 Å². The summed E-state index contributed by atoms with van der Waals surface area (Å²) in [6, 6.07) is 0. The van der Waals surface area contributed by atoms with Gasteiger partial charge in [0.2, 0.25) is 0 Å². The Kier molecular flexibility index (Phi) is 2.66. The van der Waals surface area contributed by atoms with Gasteiger partial charge in [-0.25, -0.2) is 0 Å². The number of rotatable bonds is 5. The summed E-state index contributed by atoms with van der Waals surface area (Å²) in [6.45, 7) is 4.02. The lowest BCUT2D eigenvalue weighted by Crippen LogP contribution is -2.28. The minimum atomic E-state index is -0.690. The molecule has 0 aliphatic heterocycles. The van der Waals surface area contributed by atoms with Gasteiger partial charge in [0.05, 0.1) is 12.0 Å². The van der Waals surface area contributed by atoms with Crippen molar-refractivity contribution in [2.45, 2.75) is 45.1 Å². The van der Waals surface area contributed by atoms with E-state index in [2.05, 4.69) is 0 Å². The Morgan fingerprint density at radius 3 is 2.38 bits per heavy atom. The highest BCUT2D eigenvalue weighted by atomic mass is 16.5. The summed E-state index contributed by atoms with van der Waals surface area (Å²) in [7, 11) is 1.68. The average Bonchev–Trinajstić information content (AvgIpc) is 2.66. The molecule has 3 nitrogen and oxygen atoms in total. The molecule has 1 saturated carbocycles. The van der Waals surface area contributed by atoms with E-state index in [9.17, 15) is 4.79 Å². The molecule has 0 unspecified atom stereocenters. The Hall–Kier alpha value is -0.570. The number of hydrogen-bond donors (Lipinski definition) is 1. The molecule has 3 heteroatoms. The molecule has 13 heavy (non-hydrogen) atoms. The minimum absolute atomic E-state index is 0.0331. The Bertz CT molecular complexity index is 204. The maximum Gasteiger partial charge on any atom is 0.303 e. The maximum atomic E-state index is 10.6. The first-order valence-electron chi connectivity index (χ1n) is 4.66. The van der Waals surface area contributed by atoms with Gasteiger partial charge in [0.15, 0.2) is 0 Å². The molecular weight excluding hydrogens is 168 g/mol. The molecule has 1 aliphatic carbocycles. The molecule has 0 heterocycles. The zero-order valence-electron chi connectivity index (χ0n) is 8.59. The second-order valence-corrected chi connectivity index (χ2v) is 4.71. The van der Waals surface area contributed by atoms with Gasteiger partial charge in [0, 0.05) is 7.11 Å². The lowest BCUT2D eigenvalue weighted by molar-refractivity contribution is -0.139. The predicted octanol–water partition coefficient (Wildman–Crippen LogP) is 2.06. The smallest absolute Gasteiger partial charge is 0.303 e. The van der Waals surface area contributed by atoms with E-state index in [1.807, 2.05) is 13.8 Å². The summed E-state index contributed by atoms with van der Waals surface area (Å²) >= 11 is 0. The van der Waals surface area contributed by atoms with Crippen molar-refractivity contribution < 1.29 is 14.6 Å². The Balaban J connectivity index is 2.48. The van der Waals surface area contributed by atoms with Gasteiger partial charge in [-0.1, -0.05) is 0 Å². The van der Waals surface area contributed by atoms with Crippen LogP contribution >= 0.6 is 0 Å². The molecule has 0 amide bonds. The third-order valence-corrected chi connectivity index (χ3v) is 2.84. The van der Waals surface area contributed by atoms with E-state index in [1.54, 1.807) is 7.11 Å². The average molecular weight is 186 g/mol. The standard InChI is InChI=1S/C10H18O3/c1-9(2,13-3)7-10(4-5-10)6-8(11)12/h4-7H2,1-3H3,(H,11,12). The fourth-order valence-corrected chi connectivity index (χ4v) is 1.89. The molecule has 0 aromatic carbocycles. The summed E-state index contributed by atoms with van der Waals surface area (Å²) in [5.41, 5.74) is -0.155. The van der Waals surface area contributed by atoms with Gasteiger partial charge < -0.3 is 9.84 Å². The number of ether oxygens (including phenoxy) is 1. The second kappa shape index (κ2) is 3.29. The first-order chi connectivity index (χ1) is 5.89. The van der Waals surface area contributed by atoms with Crippen LogP contribution in [0.1, 0.15) is 39.5 Å². The van der Waals surface area contributed by atoms with Gasteiger partial charge in [0.1, 0.15) is 0 Å². The fourth-order valence-electron chi connectivity index (χ4n) is 1.89. The lowest BCUT2D eigenvalue weighted by atomic mass is 9.88. The van der Waals surface area contributed by atoms with Crippen LogP contribution < -0.4 is 0 Å². The minimum Gasteiger partial charge on any atom is -0.481 e. The summed E-state index contributed by atoms with van der Waals surface area (Å²) in [6.07, 6.45) is 3.21. The number of carbonyl (C=O) groups is 1. The first kappa shape index (κ1) is 10.5. The largest absolute Gasteiger partial charge is 0.481 e. The quantitative estimate of drug-likeness (QED) is 0.714. The third kappa shape index (κ3) is 2.99. The number of hydrogen-bond acceptors (Lipinski definition) is 2. The van der Waals surface area contributed by atoms with Gasteiger partial charge in [-0.3, -0.25) is 4.79 Å². The zero-order chi connectivity index (χ0) is 10.1. The summed E-state index contributed by atoms with van der Waals surface area (Å²) < 4.78 is 5.30. The van der Waals surface area contributed by atoms with E-state index in [0.717, 1.165) is 19.3 Å². The third-order valence-electron chi connectivity index (χ3n) is 2.84. The molecular formula is C10H18O3. The molecule has 0 radical (unpaired) electrons. The summed E-state index contributed by atoms with van der Waals surface area (Å²) in [4.78, 5) is 10.6. The summed E-state index contributed by atoms with van der Waals surface area (Å²) in [5, 5.41) is 8.72. The van der Waals surface area contributed by atoms with Crippen LogP contribution in [0, 0.1) is 5.41 Å².